The van der Waals surface area contributed by atoms with Crippen LogP contribution in [0.2, 0.25) is 0 Å². The summed E-state index contributed by atoms with van der Waals surface area (Å²) in [5.41, 5.74) is 1.30. The van der Waals surface area contributed by atoms with Gasteiger partial charge in [0.1, 0.15) is 0 Å². The zero-order valence-electron chi connectivity index (χ0n) is 20.7. The van der Waals surface area contributed by atoms with Crippen molar-refractivity contribution in [1.29, 1.82) is 0 Å². The van der Waals surface area contributed by atoms with Gasteiger partial charge in [-0.1, -0.05) is 41.5 Å². The molecule has 2 saturated carbocycles. The summed E-state index contributed by atoms with van der Waals surface area (Å²) < 4.78 is 11.8. The summed E-state index contributed by atoms with van der Waals surface area (Å²) >= 11 is 0. The van der Waals surface area contributed by atoms with Gasteiger partial charge in [0.05, 0.1) is 24.4 Å². The molecule has 0 amide bonds. The van der Waals surface area contributed by atoms with Crippen LogP contribution in [0, 0.1) is 28.1 Å². The van der Waals surface area contributed by atoms with E-state index in [1.54, 1.807) is 0 Å². The Bertz CT molecular complexity index is 443. The summed E-state index contributed by atoms with van der Waals surface area (Å²) in [5.74, 6) is 1.67. The molecule has 0 bridgehead atoms. The quantitative estimate of drug-likeness (QED) is 0.490. The maximum Gasteiger partial charge on any atom is 0.0598 e. The van der Waals surface area contributed by atoms with E-state index in [2.05, 4.69) is 83.1 Å². The number of hydrogen-bond donors (Lipinski definition) is 0. The minimum atomic E-state index is 0.0123. The molecular weight excluding hydrogens is 332 g/mol. The molecule has 0 spiro atoms. The lowest BCUT2D eigenvalue weighted by molar-refractivity contribution is -0.0504. The zero-order chi connectivity index (χ0) is 21.3. The number of rotatable bonds is 5. The van der Waals surface area contributed by atoms with Gasteiger partial charge in [-0.3, -0.25) is 0 Å². The third-order valence-corrected chi connectivity index (χ3v) is 6.23. The Labute approximate surface area is 171 Å². The van der Waals surface area contributed by atoms with Crippen molar-refractivity contribution in [3.63, 3.8) is 0 Å². The van der Waals surface area contributed by atoms with Crippen LogP contribution in [-0.4, -0.2) is 24.4 Å². The topological polar surface area (TPSA) is 18.5 Å². The molecule has 162 valence electrons. The molecule has 2 aliphatic rings. The molecule has 2 fully saturated rings. The lowest BCUT2D eigenvalue weighted by Crippen LogP contribution is -2.31. The molecule has 2 heteroatoms. The Balaban J connectivity index is 0.000000271. The molecule has 0 N–H and O–H groups in total. The van der Waals surface area contributed by atoms with Gasteiger partial charge in [0.25, 0.3) is 0 Å². The molecule has 2 aliphatic carbocycles. The van der Waals surface area contributed by atoms with Gasteiger partial charge in [-0.2, -0.15) is 0 Å². The summed E-state index contributed by atoms with van der Waals surface area (Å²) in [7, 11) is 0. The van der Waals surface area contributed by atoms with Gasteiger partial charge < -0.3 is 9.47 Å². The molecule has 1 unspecified atom stereocenters. The smallest absolute Gasteiger partial charge is 0.0598 e. The normalized spacial score (nSPS) is 21.3. The third kappa shape index (κ3) is 9.31. The Morgan fingerprint density at radius 2 is 1.19 bits per heavy atom. The SMILES string of the molecule is CC(C)(C)OCC(C1CC1)C(C)(C)C.CC(C)(C)OCC1(C(C)(C)C)CC1. The first-order valence-electron chi connectivity index (χ1n) is 11.1. The second-order valence-electron chi connectivity index (χ2n) is 13.2. The molecule has 0 aromatic heterocycles. The van der Waals surface area contributed by atoms with E-state index in [-0.39, 0.29) is 11.2 Å². The summed E-state index contributed by atoms with van der Waals surface area (Å²) in [6, 6.07) is 0. The van der Waals surface area contributed by atoms with Crippen LogP contribution in [0.3, 0.4) is 0 Å². The van der Waals surface area contributed by atoms with Gasteiger partial charge >= 0.3 is 0 Å². The summed E-state index contributed by atoms with van der Waals surface area (Å²) in [6.07, 6.45) is 5.50. The monoisotopic (exact) mass is 382 g/mol. The Hall–Kier alpha value is -0.0800. The van der Waals surface area contributed by atoms with Crippen LogP contribution in [0.5, 0.6) is 0 Å². The average molecular weight is 383 g/mol. The highest BCUT2D eigenvalue weighted by molar-refractivity contribution is 5.01. The van der Waals surface area contributed by atoms with Crippen molar-refractivity contribution in [2.75, 3.05) is 13.2 Å². The predicted octanol–water partition coefficient (Wildman–Crippen LogP) is 7.50. The van der Waals surface area contributed by atoms with Crippen LogP contribution in [0.4, 0.5) is 0 Å². The molecule has 1 atom stereocenters. The Kier molecular flexibility index (Phi) is 7.71. The third-order valence-electron chi connectivity index (χ3n) is 6.23. The van der Waals surface area contributed by atoms with E-state index in [0.717, 1.165) is 25.0 Å². The van der Waals surface area contributed by atoms with E-state index >= 15 is 0 Å². The minimum Gasteiger partial charge on any atom is -0.376 e. The molecule has 0 aromatic rings. The predicted molar refractivity (Wildman–Crippen MR) is 118 cm³/mol. The van der Waals surface area contributed by atoms with Crippen molar-refractivity contribution in [2.45, 2.75) is 120 Å². The van der Waals surface area contributed by atoms with Crippen LogP contribution in [0.25, 0.3) is 0 Å². The van der Waals surface area contributed by atoms with E-state index in [9.17, 15) is 0 Å². The first-order valence-corrected chi connectivity index (χ1v) is 11.1. The second-order valence-corrected chi connectivity index (χ2v) is 13.2. The first kappa shape index (κ1) is 25.0. The van der Waals surface area contributed by atoms with Crippen LogP contribution < -0.4 is 0 Å². The number of hydrogen-bond acceptors (Lipinski definition) is 2. The van der Waals surface area contributed by atoms with Gasteiger partial charge in [0.2, 0.25) is 0 Å². The first-order chi connectivity index (χ1) is 11.9. The van der Waals surface area contributed by atoms with Crippen molar-refractivity contribution >= 4 is 0 Å². The molecule has 2 rings (SSSR count). The Morgan fingerprint density at radius 3 is 1.44 bits per heavy atom. The van der Waals surface area contributed by atoms with Crippen LogP contribution in [-0.2, 0) is 9.47 Å². The van der Waals surface area contributed by atoms with E-state index < -0.39 is 0 Å². The molecule has 0 saturated heterocycles. The van der Waals surface area contributed by atoms with Crippen LogP contribution >= 0.6 is 0 Å². The molecule has 0 heterocycles. The van der Waals surface area contributed by atoms with E-state index in [0.29, 0.717) is 16.2 Å². The van der Waals surface area contributed by atoms with E-state index in [1.807, 2.05) is 0 Å². The van der Waals surface area contributed by atoms with Gasteiger partial charge in [0, 0.05) is 0 Å². The van der Waals surface area contributed by atoms with E-state index in [4.69, 9.17) is 9.47 Å². The molecule has 0 aliphatic heterocycles. The highest BCUT2D eigenvalue weighted by atomic mass is 16.5. The van der Waals surface area contributed by atoms with Gasteiger partial charge in [-0.05, 0) is 95.3 Å². The van der Waals surface area contributed by atoms with Crippen molar-refractivity contribution < 1.29 is 9.47 Å². The fraction of sp³-hybridized carbons (Fsp3) is 1.00. The molecule has 0 radical (unpaired) electrons. The number of ether oxygens (including phenoxy) is 2. The van der Waals surface area contributed by atoms with Gasteiger partial charge in [-0.15, -0.1) is 0 Å². The largest absolute Gasteiger partial charge is 0.376 e. The zero-order valence-corrected chi connectivity index (χ0v) is 20.7. The molecule has 0 aromatic carbocycles. The summed E-state index contributed by atoms with van der Waals surface area (Å²) in [5, 5.41) is 0. The minimum absolute atomic E-state index is 0.0123. The van der Waals surface area contributed by atoms with Gasteiger partial charge in [0.15, 0.2) is 0 Å². The maximum absolute atomic E-state index is 5.92. The molecule has 2 nitrogen and oxygen atoms in total. The van der Waals surface area contributed by atoms with Gasteiger partial charge in [-0.25, -0.2) is 0 Å². The summed E-state index contributed by atoms with van der Waals surface area (Å²) in [6.45, 7) is 28.6. The maximum atomic E-state index is 5.92. The lowest BCUT2D eigenvalue weighted by Gasteiger charge is -2.33. The average Bonchev–Trinajstić information content (AvgIpc) is 3.27. The van der Waals surface area contributed by atoms with E-state index in [1.165, 1.54) is 25.7 Å². The summed E-state index contributed by atoms with van der Waals surface area (Å²) in [4.78, 5) is 0. The van der Waals surface area contributed by atoms with Crippen molar-refractivity contribution in [2.24, 2.45) is 28.1 Å². The van der Waals surface area contributed by atoms with Crippen molar-refractivity contribution in [3.05, 3.63) is 0 Å². The molecular formula is C25H50O2. The lowest BCUT2D eigenvalue weighted by atomic mass is 9.78. The highest BCUT2D eigenvalue weighted by Crippen LogP contribution is 2.58. The fourth-order valence-corrected chi connectivity index (χ4v) is 3.55. The standard InChI is InChI=1S/C13H26O.C12H24O/c1-12(2,3)11(10-7-8-10)9-14-13(4,5)6;1-10(2,3)12(7-8-12)9-13-11(4,5)6/h10-11H,7-9H2,1-6H3;7-9H2,1-6H3. The van der Waals surface area contributed by atoms with Crippen molar-refractivity contribution in [3.8, 4) is 0 Å². The van der Waals surface area contributed by atoms with Crippen LogP contribution in [0.15, 0.2) is 0 Å². The fourth-order valence-electron chi connectivity index (χ4n) is 3.55. The van der Waals surface area contributed by atoms with Crippen molar-refractivity contribution in [1.82, 2.24) is 0 Å². The second kappa shape index (κ2) is 8.34. The molecule has 27 heavy (non-hydrogen) atoms. The Morgan fingerprint density at radius 1 is 0.741 bits per heavy atom. The van der Waals surface area contributed by atoms with Crippen LogP contribution in [0.1, 0.15) is 109 Å². The highest BCUT2D eigenvalue weighted by Gasteiger charge is 2.52.